The van der Waals surface area contributed by atoms with Crippen molar-refractivity contribution < 1.29 is 23.8 Å². The largest absolute Gasteiger partial charge is 0.494 e. The molecule has 7 nitrogen and oxygen atoms in total. The topological polar surface area (TPSA) is 77.1 Å². The predicted molar refractivity (Wildman–Crippen MR) is 110 cm³/mol. The molecular formula is C22H26N2O5. The van der Waals surface area contributed by atoms with Crippen molar-refractivity contribution in [3.8, 4) is 17.2 Å². The zero-order valence-electron chi connectivity index (χ0n) is 16.9. The van der Waals surface area contributed by atoms with E-state index < -0.39 is 6.04 Å². The highest BCUT2D eigenvalue weighted by molar-refractivity contribution is 6.22. The third-order valence-corrected chi connectivity index (χ3v) is 4.71. The van der Waals surface area contributed by atoms with E-state index >= 15 is 0 Å². The zero-order chi connectivity index (χ0) is 20.8. The van der Waals surface area contributed by atoms with Crippen LogP contribution in [0, 0.1) is 0 Å². The van der Waals surface area contributed by atoms with Gasteiger partial charge in [0, 0.05) is 6.54 Å². The molecule has 2 aromatic carbocycles. The van der Waals surface area contributed by atoms with Crippen LogP contribution in [-0.4, -0.2) is 38.7 Å². The summed E-state index contributed by atoms with van der Waals surface area (Å²) in [5, 5.41) is 3.17. The molecule has 2 aromatic rings. The molecule has 29 heavy (non-hydrogen) atoms. The Morgan fingerprint density at radius 3 is 2.41 bits per heavy atom. The number of anilines is 1. The third-order valence-electron chi connectivity index (χ3n) is 4.71. The zero-order valence-corrected chi connectivity index (χ0v) is 16.9. The maximum atomic E-state index is 12.8. The SMILES string of the molecule is CCCOc1ccc(N2C(=O)C[C@H](NCc3ccc(OC)c(OC)c3)C2=O)cc1. The fourth-order valence-electron chi connectivity index (χ4n) is 3.21. The summed E-state index contributed by atoms with van der Waals surface area (Å²) < 4.78 is 16.1. The van der Waals surface area contributed by atoms with Crippen LogP contribution >= 0.6 is 0 Å². The first-order valence-corrected chi connectivity index (χ1v) is 9.61. The van der Waals surface area contributed by atoms with E-state index in [2.05, 4.69) is 5.32 Å². The maximum Gasteiger partial charge on any atom is 0.251 e. The highest BCUT2D eigenvalue weighted by Gasteiger charge is 2.39. The smallest absolute Gasteiger partial charge is 0.251 e. The Kier molecular flexibility index (Phi) is 6.72. The normalized spacial score (nSPS) is 16.2. The lowest BCUT2D eigenvalue weighted by Crippen LogP contribution is -2.38. The minimum Gasteiger partial charge on any atom is -0.494 e. The van der Waals surface area contributed by atoms with Gasteiger partial charge in [0.25, 0.3) is 5.91 Å². The van der Waals surface area contributed by atoms with Crippen molar-refractivity contribution in [3.63, 3.8) is 0 Å². The molecule has 7 heteroatoms. The quantitative estimate of drug-likeness (QED) is 0.655. The van der Waals surface area contributed by atoms with Gasteiger partial charge in [-0.1, -0.05) is 13.0 Å². The second-order valence-electron chi connectivity index (χ2n) is 6.74. The number of rotatable bonds is 9. The second-order valence-corrected chi connectivity index (χ2v) is 6.74. The Morgan fingerprint density at radius 2 is 1.76 bits per heavy atom. The molecule has 1 atom stereocenters. The van der Waals surface area contributed by atoms with Crippen molar-refractivity contribution in [1.82, 2.24) is 5.32 Å². The minimum atomic E-state index is -0.563. The van der Waals surface area contributed by atoms with E-state index in [1.54, 1.807) is 38.5 Å². The van der Waals surface area contributed by atoms with Crippen molar-refractivity contribution >= 4 is 17.5 Å². The van der Waals surface area contributed by atoms with Crippen LogP contribution in [-0.2, 0) is 16.1 Å². The van der Waals surface area contributed by atoms with E-state index in [9.17, 15) is 9.59 Å². The van der Waals surface area contributed by atoms with Crippen molar-refractivity contribution in [2.75, 3.05) is 25.7 Å². The van der Waals surface area contributed by atoms with Gasteiger partial charge in [-0.05, 0) is 48.4 Å². The molecule has 1 fully saturated rings. The lowest BCUT2D eigenvalue weighted by atomic mass is 10.1. The highest BCUT2D eigenvalue weighted by atomic mass is 16.5. The number of methoxy groups -OCH3 is 2. The second kappa shape index (κ2) is 9.43. The van der Waals surface area contributed by atoms with E-state index in [1.165, 1.54) is 4.90 Å². The molecule has 0 saturated carbocycles. The molecule has 1 aliphatic rings. The number of carbonyl (C=O) groups is 2. The number of carbonyl (C=O) groups excluding carboxylic acids is 2. The molecule has 0 radical (unpaired) electrons. The molecule has 0 spiro atoms. The average molecular weight is 398 g/mol. The van der Waals surface area contributed by atoms with Crippen LogP contribution in [0.3, 0.4) is 0 Å². The molecular weight excluding hydrogens is 372 g/mol. The van der Waals surface area contributed by atoms with Crippen LogP contribution in [0.1, 0.15) is 25.3 Å². The summed E-state index contributed by atoms with van der Waals surface area (Å²) >= 11 is 0. The van der Waals surface area contributed by atoms with Crippen LogP contribution in [0.25, 0.3) is 0 Å². The van der Waals surface area contributed by atoms with Crippen molar-refractivity contribution in [2.24, 2.45) is 0 Å². The standard InChI is InChI=1S/C22H26N2O5/c1-4-11-29-17-8-6-16(7-9-17)24-21(25)13-18(22(24)26)23-14-15-5-10-19(27-2)20(12-15)28-3/h5-10,12,18,23H,4,11,13-14H2,1-3H3/t18-/m0/s1. The number of nitrogens with one attached hydrogen (secondary N) is 1. The summed E-state index contributed by atoms with van der Waals surface area (Å²) in [4.78, 5) is 26.5. The van der Waals surface area contributed by atoms with Crippen molar-refractivity contribution in [1.29, 1.82) is 0 Å². The monoisotopic (exact) mass is 398 g/mol. The van der Waals surface area contributed by atoms with Crippen LogP contribution in [0.5, 0.6) is 17.2 Å². The number of imide groups is 1. The Morgan fingerprint density at radius 1 is 1.03 bits per heavy atom. The summed E-state index contributed by atoms with van der Waals surface area (Å²) in [6.45, 7) is 3.09. The molecule has 0 aliphatic carbocycles. The molecule has 1 aliphatic heterocycles. The van der Waals surface area contributed by atoms with Gasteiger partial charge in [0.1, 0.15) is 5.75 Å². The number of benzene rings is 2. The van der Waals surface area contributed by atoms with E-state index in [0.717, 1.165) is 17.7 Å². The molecule has 1 heterocycles. The summed E-state index contributed by atoms with van der Waals surface area (Å²) in [5.41, 5.74) is 1.48. The summed E-state index contributed by atoms with van der Waals surface area (Å²) in [7, 11) is 3.15. The Bertz CT molecular complexity index is 866. The van der Waals surface area contributed by atoms with Gasteiger partial charge < -0.3 is 19.5 Å². The number of nitrogens with zero attached hydrogens (tertiary/aromatic N) is 1. The van der Waals surface area contributed by atoms with E-state index in [4.69, 9.17) is 14.2 Å². The maximum absolute atomic E-state index is 12.8. The van der Waals surface area contributed by atoms with Crippen LogP contribution in [0.4, 0.5) is 5.69 Å². The summed E-state index contributed by atoms with van der Waals surface area (Å²) in [6.07, 6.45) is 1.04. The number of hydrogen-bond donors (Lipinski definition) is 1. The summed E-state index contributed by atoms with van der Waals surface area (Å²) in [6, 6.07) is 12.0. The van der Waals surface area contributed by atoms with Crippen molar-refractivity contribution in [3.05, 3.63) is 48.0 Å². The lowest BCUT2D eigenvalue weighted by molar-refractivity contribution is -0.121. The number of amides is 2. The highest BCUT2D eigenvalue weighted by Crippen LogP contribution is 2.28. The predicted octanol–water partition coefficient (Wildman–Crippen LogP) is 2.91. The molecule has 2 amide bonds. The van der Waals surface area contributed by atoms with Gasteiger partial charge in [0.15, 0.2) is 11.5 Å². The average Bonchev–Trinajstić information content (AvgIpc) is 3.04. The molecule has 154 valence electrons. The molecule has 0 unspecified atom stereocenters. The van der Waals surface area contributed by atoms with Gasteiger partial charge in [0.2, 0.25) is 5.91 Å². The molecule has 1 saturated heterocycles. The number of ether oxygens (including phenoxy) is 3. The van der Waals surface area contributed by atoms with Gasteiger partial charge in [-0.2, -0.15) is 0 Å². The van der Waals surface area contributed by atoms with E-state index in [1.807, 2.05) is 25.1 Å². The first kappa shape index (κ1) is 20.7. The first-order chi connectivity index (χ1) is 14.1. The molecule has 0 aromatic heterocycles. The van der Waals surface area contributed by atoms with E-state index in [-0.39, 0.29) is 18.2 Å². The van der Waals surface area contributed by atoms with Gasteiger partial charge in [-0.25, -0.2) is 4.90 Å². The third kappa shape index (κ3) is 4.68. The molecule has 1 N–H and O–H groups in total. The fraction of sp³-hybridized carbons (Fsp3) is 0.364. The first-order valence-electron chi connectivity index (χ1n) is 9.61. The Labute approximate surface area is 170 Å². The number of hydrogen-bond acceptors (Lipinski definition) is 6. The Balaban J connectivity index is 1.64. The Hall–Kier alpha value is -3.06. The van der Waals surface area contributed by atoms with Gasteiger partial charge in [-0.3, -0.25) is 9.59 Å². The summed E-state index contributed by atoms with van der Waals surface area (Å²) in [5.74, 6) is 1.51. The lowest BCUT2D eigenvalue weighted by Gasteiger charge is -2.16. The van der Waals surface area contributed by atoms with E-state index in [0.29, 0.717) is 30.3 Å². The van der Waals surface area contributed by atoms with Crippen LogP contribution in [0.15, 0.2) is 42.5 Å². The van der Waals surface area contributed by atoms with Crippen molar-refractivity contribution in [2.45, 2.75) is 32.4 Å². The van der Waals surface area contributed by atoms with Gasteiger partial charge in [-0.15, -0.1) is 0 Å². The molecule has 0 bridgehead atoms. The fourth-order valence-corrected chi connectivity index (χ4v) is 3.21. The van der Waals surface area contributed by atoms with Crippen LogP contribution in [0.2, 0.25) is 0 Å². The molecule has 3 rings (SSSR count). The minimum absolute atomic E-state index is 0.125. The van der Waals surface area contributed by atoms with Crippen LogP contribution < -0.4 is 24.4 Å². The van der Waals surface area contributed by atoms with Gasteiger partial charge >= 0.3 is 0 Å². The van der Waals surface area contributed by atoms with Gasteiger partial charge in [0.05, 0.1) is 39.0 Å².